The molecule has 2 amide bonds. The van der Waals surface area contributed by atoms with Crippen LogP contribution >= 0.6 is 0 Å². The third kappa shape index (κ3) is 5.37. The zero-order valence-electron chi connectivity index (χ0n) is 11.7. The Kier molecular flexibility index (Phi) is 6.58. The summed E-state index contributed by atoms with van der Waals surface area (Å²) in [5, 5.41) is 11.0. The van der Waals surface area contributed by atoms with Gasteiger partial charge in [0.05, 0.1) is 6.54 Å². The van der Waals surface area contributed by atoms with Crippen LogP contribution in [-0.4, -0.2) is 35.1 Å². The van der Waals surface area contributed by atoms with E-state index in [9.17, 15) is 18.4 Å². The molecule has 0 spiro atoms. The Labute approximate surface area is 121 Å². The van der Waals surface area contributed by atoms with Crippen molar-refractivity contribution in [3.8, 4) is 0 Å². The Bertz CT molecular complexity index is 489. The number of nitrogens with zero attached hydrogens (tertiary/aromatic N) is 1. The van der Waals surface area contributed by atoms with Gasteiger partial charge in [0, 0.05) is 25.1 Å². The number of benzene rings is 1. The lowest BCUT2D eigenvalue weighted by molar-refractivity contribution is -0.137. The predicted octanol–water partition coefficient (Wildman–Crippen LogP) is 2.36. The van der Waals surface area contributed by atoms with Gasteiger partial charge in [0.2, 0.25) is 0 Å². The second-order valence-corrected chi connectivity index (χ2v) is 4.44. The minimum absolute atomic E-state index is 0.0473. The number of urea groups is 1. The number of carbonyl (C=O) groups is 2. The molecule has 0 radical (unpaired) electrons. The summed E-state index contributed by atoms with van der Waals surface area (Å²) in [5.74, 6) is -2.34. The number of amides is 2. The fraction of sp³-hybridized carbons (Fsp3) is 0.429. The fourth-order valence-corrected chi connectivity index (χ4v) is 1.75. The Morgan fingerprint density at radius 3 is 2.43 bits per heavy atom. The summed E-state index contributed by atoms with van der Waals surface area (Å²) in [5.41, 5.74) is -0.167. The number of nitrogens with one attached hydrogen (secondary N) is 1. The molecule has 21 heavy (non-hydrogen) atoms. The van der Waals surface area contributed by atoms with Crippen molar-refractivity contribution < 1.29 is 23.5 Å². The van der Waals surface area contributed by atoms with E-state index >= 15 is 0 Å². The maximum Gasteiger partial charge on any atom is 0.317 e. The van der Waals surface area contributed by atoms with Gasteiger partial charge in [0.25, 0.3) is 0 Å². The summed E-state index contributed by atoms with van der Waals surface area (Å²) in [4.78, 5) is 23.5. The van der Waals surface area contributed by atoms with Crippen molar-refractivity contribution in [2.24, 2.45) is 0 Å². The largest absolute Gasteiger partial charge is 0.481 e. The summed E-state index contributed by atoms with van der Waals surface area (Å²) in [7, 11) is 0. The summed E-state index contributed by atoms with van der Waals surface area (Å²) < 4.78 is 27.1. The van der Waals surface area contributed by atoms with Crippen LogP contribution in [0.1, 0.15) is 25.3 Å². The number of hydrogen-bond donors (Lipinski definition) is 2. The summed E-state index contributed by atoms with van der Waals surface area (Å²) in [6.07, 6.45) is 0.251. The molecule has 0 heterocycles. The van der Waals surface area contributed by atoms with Crippen LogP contribution in [0.25, 0.3) is 0 Å². The first-order valence-electron chi connectivity index (χ1n) is 6.63. The molecule has 0 aromatic heterocycles. The molecule has 0 saturated heterocycles. The average Bonchev–Trinajstić information content (AvgIpc) is 2.43. The zero-order chi connectivity index (χ0) is 15.8. The Morgan fingerprint density at radius 1 is 1.29 bits per heavy atom. The van der Waals surface area contributed by atoms with E-state index < -0.39 is 23.6 Å². The highest BCUT2D eigenvalue weighted by Gasteiger charge is 2.16. The lowest BCUT2D eigenvalue weighted by Gasteiger charge is -2.22. The van der Waals surface area contributed by atoms with Gasteiger partial charge in [0.1, 0.15) is 11.6 Å². The number of carboxylic acid groups (broad SMARTS) is 1. The molecule has 7 heteroatoms. The lowest BCUT2D eigenvalue weighted by Crippen LogP contribution is -2.40. The number of aliphatic carboxylic acids is 1. The topological polar surface area (TPSA) is 69.6 Å². The first-order valence-corrected chi connectivity index (χ1v) is 6.63. The van der Waals surface area contributed by atoms with Gasteiger partial charge in [-0.2, -0.15) is 0 Å². The summed E-state index contributed by atoms with van der Waals surface area (Å²) in [6, 6.07) is 3.05. The van der Waals surface area contributed by atoms with Crippen LogP contribution in [-0.2, 0) is 11.3 Å². The van der Waals surface area contributed by atoms with Gasteiger partial charge in [0.15, 0.2) is 0 Å². The Hall–Kier alpha value is -2.18. The van der Waals surface area contributed by atoms with Gasteiger partial charge >= 0.3 is 12.0 Å². The second kappa shape index (κ2) is 8.18. The van der Waals surface area contributed by atoms with Gasteiger partial charge in [-0.1, -0.05) is 6.07 Å². The Balaban J connectivity index is 2.58. The molecule has 0 aliphatic rings. The number of halogens is 2. The molecule has 0 atom stereocenters. The molecule has 0 fully saturated rings. The number of rotatable bonds is 7. The maximum absolute atomic E-state index is 13.5. The van der Waals surface area contributed by atoms with Crippen molar-refractivity contribution in [2.75, 3.05) is 13.1 Å². The van der Waals surface area contributed by atoms with Crippen LogP contribution in [0.3, 0.4) is 0 Å². The molecule has 1 aromatic carbocycles. The molecule has 116 valence electrons. The lowest BCUT2D eigenvalue weighted by atomic mass is 10.2. The van der Waals surface area contributed by atoms with Crippen LogP contribution in [0.2, 0.25) is 0 Å². The van der Waals surface area contributed by atoms with Gasteiger partial charge in [-0.3, -0.25) is 4.79 Å². The predicted molar refractivity (Wildman–Crippen MR) is 72.7 cm³/mol. The molecular formula is C14H18F2N2O3. The van der Waals surface area contributed by atoms with Crippen LogP contribution in [0.15, 0.2) is 18.2 Å². The minimum Gasteiger partial charge on any atom is -0.481 e. The van der Waals surface area contributed by atoms with Crippen LogP contribution in [0.4, 0.5) is 13.6 Å². The zero-order valence-corrected chi connectivity index (χ0v) is 11.7. The van der Waals surface area contributed by atoms with Crippen molar-refractivity contribution in [3.05, 3.63) is 35.4 Å². The van der Waals surface area contributed by atoms with Gasteiger partial charge in [-0.15, -0.1) is 0 Å². The van der Waals surface area contributed by atoms with Crippen LogP contribution in [0, 0.1) is 11.6 Å². The summed E-state index contributed by atoms with van der Waals surface area (Å²) in [6.45, 7) is 1.98. The normalized spacial score (nSPS) is 10.2. The molecule has 0 bridgehead atoms. The van der Waals surface area contributed by atoms with Crippen molar-refractivity contribution in [1.82, 2.24) is 10.2 Å². The molecule has 2 N–H and O–H groups in total. The van der Waals surface area contributed by atoms with Crippen molar-refractivity contribution in [1.29, 1.82) is 0 Å². The van der Waals surface area contributed by atoms with Crippen molar-refractivity contribution >= 4 is 12.0 Å². The second-order valence-electron chi connectivity index (χ2n) is 4.44. The SMILES string of the molecule is CCN(Cc1c(F)cccc1F)C(=O)NCCCC(=O)O. The van der Waals surface area contributed by atoms with Gasteiger partial charge < -0.3 is 15.3 Å². The molecule has 0 aliphatic carbocycles. The third-order valence-electron chi connectivity index (χ3n) is 2.92. The number of hydrogen-bond acceptors (Lipinski definition) is 2. The minimum atomic E-state index is -0.940. The van der Waals surface area contributed by atoms with E-state index in [1.165, 1.54) is 11.0 Å². The maximum atomic E-state index is 13.5. The average molecular weight is 300 g/mol. The Morgan fingerprint density at radius 2 is 1.90 bits per heavy atom. The molecule has 0 saturated carbocycles. The molecule has 1 aromatic rings. The van der Waals surface area contributed by atoms with E-state index in [2.05, 4.69) is 5.32 Å². The quantitative estimate of drug-likeness (QED) is 0.759. The smallest absolute Gasteiger partial charge is 0.317 e. The van der Waals surface area contributed by atoms with Gasteiger partial charge in [-0.05, 0) is 25.5 Å². The highest BCUT2D eigenvalue weighted by Crippen LogP contribution is 2.14. The molecule has 0 unspecified atom stereocenters. The highest BCUT2D eigenvalue weighted by molar-refractivity contribution is 5.74. The van der Waals surface area contributed by atoms with Crippen molar-refractivity contribution in [2.45, 2.75) is 26.3 Å². The number of carbonyl (C=O) groups excluding carboxylic acids is 1. The fourth-order valence-electron chi connectivity index (χ4n) is 1.75. The number of carboxylic acids is 1. The monoisotopic (exact) mass is 300 g/mol. The van der Waals surface area contributed by atoms with E-state index in [1.807, 2.05) is 0 Å². The first kappa shape index (κ1) is 16.9. The third-order valence-corrected chi connectivity index (χ3v) is 2.92. The molecule has 5 nitrogen and oxygen atoms in total. The first-order chi connectivity index (χ1) is 9.95. The standard InChI is InChI=1S/C14H18F2N2O3/c1-2-18(14(21)17-8-4-7-13(19)20)9-10-11(15)5-3-6-12(10)16/h3,5-6H,2,4,7-9H2,1H3,(H,17,21)(H,19,20). The van der Waals surface area contributed by atoms with Gasteiger partial charge in [-0.25, -0.2) is 13.6 Å². The highest BCUT2D eigenvalue weighted by atomic mass is 19.1. The summed E-state index contributed by atoms with van der Waals surface area (Å²) >= 11 is 0. The molecule has 1 rings (SSSR count). The van der Waals surface area contributed by atoms with Crippen LogP contribution < -0.4 is 5.32 Å². The van der Waals surface area contributed by atoms with Crippen molar-refractivity contribution in [3.63, 3.8) is 0 Å². The van der Waals surface area contributed by atoms with Crippen LogP contribution in [0.5, 0.6) is 0 Å². The molecular weight excluding hydrogens is 282 g/mol. The van der Waals surface area contributed by atoms with E-state index in [0.29, 0.717) is 6.42 Å². The van der Waals surface area contributed by atoms with E-state index in [0.717, 1.165) is 12.1 Å². The van der Waals surface area contributed by atoms with E-state index in [-0.39, 0.29) is 31.6 Å². The van der Waals surface area contributed by atoms with E-state index in [1.54, 1.807) is 6.92 Å². The molecule has 0 aliphatic heterocycles. The van der Waals surface area contributed by atoms with E-state index in [4.69, 9.17) is 5.11 Å².